The Kier molecular flexibility index (Phi) is 3.41. The second-order valence-corrected chi connectivity index (χ2v) is 4.45. The lowest BCUT2D eigenvalue weighted by molar-refractivity contribution is 0.243. The first-order valence-electron chi connectivity index (χ1n) is 4.92. The van der Waals surface area contributed by atoms with E-state index in [2.05, 4.69) is 8.75 Å². The van der Waals surface area contributed by atoms with Crippen LogP contribution in [0, 0.1) is 0 Å². The number of rotatable bonds is 3. The van der Waals surface area contributed by atoms with Gasteiger partial charge in [-0.1, -0.05) is 23.7 Å². The van der Waals surface area contributed by atoms with Crippen LogP contribution in [0.2, 0.25) is 5.15 Å². The zero-order valence-electron chi connectivity index (χ0n) is 8.98. The predicted octanol–water partition coefficient (Wildman–Crippen LogP) is 3.65. The number of nitrogens with zero attached hydrogens (tertiary/aromatic N) is 2. The molecule has 0 saturated heterocycles. The molecule has 1 aromatic carbocycles. The molecule has 16 heavy (non-hydrogen) atoms. The van der Waals surface area contributed by atoms with E-state index in [0.29, 0.717) is 10.8 Å². The van der Waals surface area contributed by atoms with Gasteiger partial charge in [0.1, 0.15) is 11.4 Å². The van der Waals surface area contributed by atoms with Crippen molar-refractivity contribution in [3.63, 3.8) is 0 Å². The van der Waals surface area contributed by atoms with E-state index in [4.69, 9.17) is 16.3 Å². The van der Waals surface area contributed by atoms with Crippen LogP contribution < -0.4 is 4.74 Å². The molecule has 5 heteroatoms. The summed E-state index contributed by atoms with van der Waals surface area (Å²) in [6.45, 7) is 3.97. The molecule has 0 radical (unpaired) electrons. The molecule has 2 aromatic rings. The minimum absolute atomic E-state index is 0.117. The van der Waals surface area contributed by atoms with Crippen molar-refractivity contribution in [3.8, 4) is 17.0 Å². The summed E-state index contributed by atoms with van der Waals surface area (Å²) < 4.78 is 13.8. The zero-order chi connectivity index (χ0) is 11.5. The monoisotopic (exact) mass is 254 g/mol. The molecule has 1 heterocycles. The van der Waals surface area contributed by atoms with E-state index in [0.717, 1.165) is 23.0 Å². The maximum absolute atomic E-state index is 5.96. The largest absolute Gasteiger partial charge is 0.490 e. The summed E-state index contributed by atoms with van der Waals surface area (Å²) in [6, 6.07) is 7.69. The van der Waals surface area contributed by atoms with Crippen LogP contribution in [0.1, 0.15) is 13.8 Å². The van der Waals surface area contributed by atoms with Crippen molar-refractivity contribution in [1.82, 2.24) is 8.75 Å². The van der Waals surface area contributed by atoms with E-state index in [1.165, 1.54) is 0 Å². The van der Waals surface area contributed by atoms with Crippen LogP contribution in [-0.2, 0) is 0 Å². The van der Waals surface area contributed by atoms with Crippen LogP contribution in [0.4, 0.5) is 0 Å². The highest BCUT2D eigenvalue weighted by Gasteiger charge is 2.13. The lowest BCUT2D eigenvalue weighted by Crippen LogP contribution is -2.06. The molecule has 0 aliphatic heterocycles. The van der Waals surface area contributed by atoms with E-state index >= 15 is 0 Å². The second kappa shape index (κ2) is 4.80. The Morgan fingerprint density at radius 2 is 2.00 bits per heavy atom. The number of para-hydroxylation sites is 1. The van der Waals surface area contributed by atoms with Gasteiger partial charge in [-0.2, -0.15) is 8.75 Å². The van der Waals surface area contributed by atoms with Gasteiger partial charge in [-0.25, -0.2) is 0 Å². The van der Waals surface area contributed by atoms with E-state index in [1.54, 1.807) is 0 Å². The molecule has 0 spiro atoms. The highest BCUT2D eigenvalue weighted by atomic mass is 35.5. The molecule has 84 valence electrons. The van der Waals surface area contributed by atoms with E-state index in [1.807, 2.05) is 38.1 Å². The van der Waals surface area contributed by atoms with Gasteiger partial charge in [0.05, 0.1) is 17.8 Å². The van der Waals surface area contributed by atoms with Gasteiger partial charge in [-0.3, -0.25) is 0 Å². The summed E-state index contributed by atoms with van der Waals surface area (Å²) in [4.78, 5) is 0. The average Bonchev–Trinajstić information content (AvgIpc) is 2.64. The van der Waals surface area contributed by atoms with Gasteiger partial charge in [0.15, 0.2) is 5.15 Å². The summed E-state index contributed by atoms with van der Waals surface area (Å²) in [5, 5.41) is 0.421. The third kappa shape index (κ3) is 2.33. The summed E-state index contributed by atoms with van der Waals surface area (Å²) >= 11 is 7.07. The molecule has 0 aliphatic rings. The third-order valence-electron chi connectivity index (χ3n) is 1.95. The fourth-order valence-electron chi connectivity index (χ4n) is 1.36. The normalized spacial score (nSPS) is 10.8. The summed E-state index contributed by atoms with van der Waals surface area (Å²) in [7, 11) is 0. The van der Waals surface area contributed by atoms with Gasteiger partial charge in [-0.05, 0) is 26.0 Å². The Morgan fingerprint density at radius 3 is 2.62 bits per heavy atom. The van der Waals surface area contributed by atoms with Crippen LogP contribution in [-0.4, -0.2) is 14.9 Å². The maximum Gasteiger partial charge on any atom is 0.171 e. The number of halogens is 1. The van der Waals surface area contributed by atoms with Crippen LogP contribution in [0.15, 0.2) is 24.3 Å². The number of hydrogen-bond acceptors (Lipinski definition) is 4. The average molecular weight is 255 g/mol. The van der Waals surface area contributed by atoms with Crippen molar-refractivity contribution in [1.29, 1.82) is 0 Å². The number of ether oxygens (including phenoxy) is 1. The third-order valence-corrected chi connectivity index (χ3v) is 2.85. The van der Waals surface area contributed by atoms with Crippen LogP contribution in [0.3, 0.4) is 0 Å². The van der Waals surface area contributed by atoms with Crippen LogP contribution in [0.25, 0.3) is 11.3 Å². The van der Waals surface area contributed by atoms with Crippen molar-refractivity contribution in [2.24, 2.45) is 0 Å². The molecule has 0 fully saturated rings. The Morgan fingerprint density at radius 1 is 1.25 bits per heavy atom. The first kappa shape index (κ1) is 11.4. The van der Waals surface area contributed by atoms with Gasteiger partial charge in [0.2, 0.25) is 0 Å². The molecule has 0 bridgehead atoms. The molecule has 0 N–H and O–H groups in total. The first-order valence-corrected chi connectivity index (χ1v) is 6.03. The van der Waals surface area contributed by atoms with E-state index < -0.39 is 0 Å². The van der Waals surface area contributed by atoms with Crippen molar-refractivity contribution in [2.75, 3.05) is 0 Å². The number of benzene rings is 1. The molecule has 1 aromatic heterocycles. The smallest absolute Gasteiger partial charge is 0.171 e. The predicted molar refractivity (Wildman–Crippen MR) is 66.1 cm³/mol. The van der Waals surface area contributed by atoms with E-state index in [-0.39, 0.29) is 6.10 Å². The summed E-state index contributed by atoms with van der Waals surface area (Å²) in [5.41, 5.74) is 1.57. The Hall–Kier alpha value is -1.13. The van der Waals surface area contributed by atoms with Crippen molar-refractivity contribution >= 4 is 23.3 Å². The molecule has 2 rings (SSSR count). The number of hydrogen-bond donors (Lipinski definition) is 0. The Labute approximate surface area is 103 Å². The quantitative estimate of drug-likeness (QED) is 0.839. The molecule has 0 saturated carbocycles. The van der Waals surface area contributed by atoms with Crippen molar-refractivity contribution in [2.45, 2.75) is 20.0 Å². The zero-order valence-corrected chi connectivity index (χ0v) is 10.5. The Balaban J connectivity index is 2.44. The maximum atomic E-state index is 5.96. The molecule has 0 unspecified atom stereocenters. The minimum Gasteiger partial charge on any atom is -0.490 e. The highest BCUT2D eigenvalue weighted by molar-refractivity contribution is 6.99. The lowest BCUT2D eigenvalue weighted by Gasteiger charge is -2.12. The minimum atomic E-state index is 0.117. The molecule has 3 nitrogen and oxygen atoms in total. The van der Waals surface area contributed by atoms with Crippen molar-refractivity contribution in [3.05, 3.63) is 29.4 Å². The standard InChI is InChI=1S/C11H11ClN2OS/c1-7(2)15-9-6-4-3-5-8(9)10-11(12)14-16-13-10/h3-7H,1-2H3. The Bertz CT molecular complexity index is 484. The lowest BCUT2D eigenvalue weighted by atomic mass is 10.1. The fraction of sp³-hybridized carbons (Fsp3) is 0.273. The number of aromatic nitrogens is 2. The molecular formula is C11H11ClN2OS. The van der Waals surface area contributed by atoms with Gasteiger partial charge in [0.25, 0.3) is 0 Å². The molecular weight excluding hydrogens is 244 g/mol. The van der Waals surface area contributed by atoms with Gasteiger partial charge in [-0.15, -0.1) is 0 Å². The topological polar surface area (TPSA) is 35.0 Å². The SMILES string of the molecule is CC(C)Oc1ccccc1-c1nsnc1Cl. The van der Waals surface area contributed by atoms with Crippen LogP contribution in [0.5, 0.6) is 5.75 Å². The first-order chi connectivity index (χ1) is 7.68. The van der Waals surface area contributed by atoms with Gasteiger partial charge >= 0.3 is 0 Å². The molecule has 0 atom stereocenters. The highest BCUT2D eigenvalue weighted by Crippen LogP contribution is 2.33. The van der Waals surface area contributed by atoms with Crippen molar-refractivity contribution < 1.29 is 4.74 Å². The summed E-state index contributed by atoms with van der Waals surface area (Å²) in [5.74, 6) is 0.784. The van der Waals surface area contributed by atoms with Gasteiger partial charge < -0.3 is 4.74 Å². The second-order valence-electron chi connectivity index (χ2n) is 3.57. The fourth-order valence-corrected chi connectivity index (χ4v) is 2.11. The van der Waals surface area contributed by atoms with Crippen LogP contribution >= 0.6 is 23.3 Å². The summed E-state index contributed by atoms with van der Waals surface area (Å²) in [6.07, 6.45) is 0.117. The molecule has 0 aliphatic carbocycles. The van der Waals surface area contributed by atoms with Gasteiger partial charge in [0, 0.05) is 5.56 Å². The molecule has 0 amide bonds. The van der Waals surface area contributed by atoms with E-state index in [9.17, 15) is 0 Å².